The van der Waals surface area contributed by atoms with Gasteiger partial charge in [0.1, 0.15) is 5.84 Å². The van der Waals surface area contributed by atoms with Crippen molar-refractivity contribution >= 4 is 29.6 Å². The van der Waals surface area contributed by atoms with Crippen LogP contribution in [0, 0.1) is 0 Å². The molecule has 0 radical (unpaired) electrons. The molecule has 0 spiro atoms. The van der Waals surface area contributed by atoms with Crippen LogP contribution >= 0.6 is 11.9 Å². The number of nitrogens with one attached hydrogen (secondary N) is 2. The van der Waals surface area contributed by atoms with Gasteiger partial charge < -0.3 is 21.6 Å². The number of unbranched alkanes of at least 4 members (excludes halogenated alkanes) is 13. The zero-order chi connectivity index (χ0) is 24.4. The van der Waals surface area contributed by atoms with E-state index in [1.807, 2.05) is 0 Å². The van der Waals surface area contributed by atoms with Gasteiger partial charge in [-0.05, 0) is 25.7 Å². The second-order valence-corrected chi connectivity index (χ2v) is 9.80. The zero-order valence-electron chi connectivity index (χ0n) is 21.2. The number of carbonyl (C=O) groups is 2. The number of rotatable bonds is 24. The normalized spacial score (nSPS) is 11.5. The number of hydrogen-bond donors (Lipinski definition) is 4. The monoisotopic (exact) mass is 485 g/mol. The average Bonchev–Trinajstić information content (AvgIpc) is 2.81. The molecule has 0 aromatic heterocycles. The van der Waals surface area contributed by atoms with Gasteiger partial charge in [-0.1, -0.05) is 95.9 Å². The van der Waals surface area contributed by atoms with Crippen LogP contribution in [0.5, 0.6) is 0 Å². The molecule has 0 rings (SSSR count). The topological polar surface area (TPSA) is 123 Å². The smallest absolute Gasteiger partial charge is 0.229 e. The van der Waals surface area contributed by atoms with Crippen LogP contribution in [0.1, 0.15) is 129 Å². The van der Waals surface area contributed by atoms with Crippen molar-refractivity contribution in [1.82, 2.24) is 10.0 Å². The van der Waals surface area contributed by atoms with Gasteiger partial charge in [-0.3, -0.25) is 9.59 Å². The lowest BCUT2D eigenvalue weighted by Gasteiger charge is -2.06. The predicted octanol–water partition coefficient (Wildman–Crippen LogP) is 5.53. The number of amides is 2. The number of nitrogens with two attached hydrogens (primary N) is 2. The van der Waals surface area contributed by atoms with Crippen molar-refractivity contribution in [2.45, 2.75) is 129 Å². The Bertz CT molecular complexity index is 503. The highest BCUT2D eigenvalue weighted by molar-refractivity contribution is 7.97. The van der Waals surface area contributed by atoms with E-state index in [-0.39, 0.29) is 11.8 Å². The molecule has 0 saturated heterocycles. The minimum absolute atomic E-state index is 0.113. The van der Waals surface area contributed by atoms with Gasteiger partial charge in [0, 0.05) is 31.6 Å². The maximum atomic E-state index is 11.8. The van der Waals surface area contributed by atoms with Crippen LogP contribution in [-0.2, 0) is 9.59 Å². The summed E-state index contributed by atoms with van der Waals surface area (Å²) in [6.45, 7) is 2.88. The summed E-state index contributed by atoms with van der Waals surface area (Å²) in [6, 6.07) is 0. The Balaban J connectivity index is 3.24. The summed E-state index contributed by atoms with van der Waals surface area (Å²) in [6.07, 6.45) is 21.0. The fourth-order valence-corrected chi connectivity index (χ4v) is 4.23. The van der Waals surface area contributed by atoms with Crippen molar-refractivity contribution in [3.05, 3.63) is 0 Å². The van der Waals surface area contributed by atoms with Gasteiger partial charge in [0.15, 0.2) is 0 Å². The van der Waals surface area contributed by atoms with Crippen molar-refractivity contribution in [3.63, 3.8) is 0 Å². The first-order valence-electron chi connectivity index (χ1n) is 13.3. The minimum Gasteiger partial charge on any atom is -0.386 e. The molecule has 0 aromatic rings. The summed E-state index contributed by atoms with van der Waals surface area (Å²) in [4.78, 5) is 23.4. The maximum Gasteiger partial charge on any atom is 0.229 e. The lowest BCUT2D eigenvalue weighted by molar-refractivity contribution is -0.121. The number of nitrogens with zero attached hydrogens (tertiary/aromatic N) is 1. The summed E-state index contributed by atoms with van der Waals surface area (Å²) in [7, 11) is 0. The molecule has 0 fully saturated rings. The summed E-state index contributed by atoms with van der Waals surface area (Å²) >= 11 is 1.43. The van der Waals surface area contributed by atoms with Crippen molar-refractivity contribution in [1.29, 1.82) is 0 Å². The molecule has 0 atom stereocenters. The Morgan fingerprint density at radius 2 is 1.18 bits per heavy atom. The Labute approximate surface area is 207 Å². The third kappa shape index (κ3) is 25.0. The first kappa shape index (κ1) is 31.6. The van der Waals surface area contributed by atoms with Crippen LogP contribution < -0.4 is 21.6 Å². The second-order valence-electron chi connectivity index (χ2n) is 8.90. The number of amidine groups is 1. The minimum atomic E-state index is 0.113. The van der Waals surface area contributed by atoms with Gasteiger partial charge in [0.25, 0.3) is 0 Å². The van der Waals surface area contributed by atoms with Crippen LogP contribution in [0.3, 0.4) is 0 Å². The van der Waals surface area contributed by atoms with E-state index in [9.17, 15) is 9.59 Å². The molecule has 2 amide bonds. The fourth-order valence-electron chi connectivity index (χ4n) is 3.58. The van der Waals surface area contributed by atoms with E-state index in [1.165, 1.54) is 76.2 Å². The lowest BCUT2D eigenvalue weighted by atomic mass is 10.0. The average molecular weight is 486 g/mol. The molecule has 0 aliphatic rings. The molecule has 8 heteroatoms. The molecular formula is C25H51N5O2S. The second kappa shape index (κ2) is 25.2. The Hall–Kier alpha value is -1.44. The Kier molecular flexibility index (Phi) is 24.1. The van der Waals surface area contributed by atoms with Gasteiger partial charge >= 0.3 is 0 Å². The highest BCUT2D eigenvalue weighted by Crippen LogP contribution is 2.13. The number of hydrazone groups is 1. The van der Waals surface area contributed by atoms with Crippen LogP contribution in [0.2, 0.25) is 0 Å². The molecule has 194 valence electrons. The quantitative estimate of drug-likeness (QED) is 0.0357. The first-order chi connectivity index (χ1) is 16.1. The van der Waals surface area contributed by atoms with Gasteiger partial charge in [0.2, 0.25) is 11.8 Å². The Morgan fingerprint density at radius 1 is 0.697 bits per heavy atom. The largest absolute Gasteiger partial charge is 0.386 e. The molecule has 0 aromatic carbocycles. The summed E-state index contributed by atoms with van der Waals surface area (Å²) in [5.74, 6) is 6.69. The third-order valence-corrected chi connectivity index (χ3v) is 6.56. The molecule has 6 N–H and O–H groups in total. The van der Waals surface area contributed by atoms with E-state index < -0.39 is 0 Å². The van der Waals surface area contributed by atoms with Gasteiger partial charge in [-0.25, -0.2) is 0 Å². The van der Waals surface area contributed by atoms with E-state index in [1.54, 1.807) is 0 Å². The number of carbonyl (C=O) groups excluding carboxylic acids is 2. The van der Waals surface area contributed by atoms with Gasteiger partial charge in [-0.2, -0.15) is 5.10 Å². The molecule has 7 nitrogen and oxygen atoms in total. The fraction of sp³-hybridized carbons (Fsp3) is 0.880. The van der Waals surface area contributed by atoms with E-state index in [0.717, 1.165) is 57.2 Å². The molecule has 0 heterocycles. The van der Waals surface area contributed by atoms with E-state index in [2.05, 4.69) is 22.1 Å². The van der Waals surface area contributed by atoms with Crippen molar-refractivity contribution in [2.75, 3.05) is 12.3 Å². The zero-order valence-corrected chi connectivity index (χ0v) is 22.0. The standard InChI is InChI=1S/C25H51N5O2S/c1-2-3-21-28-24(31)20-17-22-33-30-25(32)19-16-14-12-10-8-6-4-5-7-9-11-13-15-18-23(26)29-27/h2-22,27H2,1H3,(H2,26,29)(H,28,31)(H,30,32). The highest BCUT2D eigenvalue weighted by atomic mass is 32.2. The molecule has 0 bridgehead atoms. The summed E-state index contributed by atoms with van der Waals surface area (Å²) in [5.41, 5.74) is 5.58. The molecule has 0 saturated carbocycles. The van der Waals surface area contributed by atoms with E-state index >= 15 is 0 Å². The van der Waals surface area contributed by atoms with Gasteiger partial charge in [-0.15, -0.1) is 0 Å². The lowest BCUT2D eigenvalue weighted by Crippen LogP contribution is -2.24. The van der Waals surface area contributed by atoms with Crippen LogP contribution in [0.25, 0.3) is 0 Å². The molecule has 33 heavy (non-hydrogen) atoms. The molecular weight excluding hydrogens is 434 g/mol. The van der Waals surface area contributed by atoms with Crippen LogP contribution in [-0.4, -0.2) is 29.9 Å². The highest BCUT2D eigenvalue weighted by Gasteiger charge is 2.03. The Morgan fingerprint density at radius 3 is 1.70 bits per heavy atom. The molecule has 0 aliphatic carbocycles. The SMILES string of the molecule is CCCCNC(=O)CCCSNC(=O)CCCCCCCCCCCCCCC/C(N)=N/N. The molecule has 0 aliphatic heterocycles. The van der Waals surface area contributed by atoms with Crippen molar-refractivity contribution in [2.24, 2.45) is 16.7 Å². The van der Waals surface area contributed by atoms with E-state index in [4.69, 9.17) is 11.6 Å². The van der Waals surface area contributed by atoms with Crippen LogP contribution in [0.15, 0.2) is 5.10 Å². The summed E-state index contributed by atoms with van der Waals surface area (Å²) < 4.78 is 2.89. The number of hydrogen-bond acceptors (Lipinski definition) is 5. The summed E-state index contributed by atoms with van der Waals surface area (Å²) in [5, 5.41) is 6.40. The van der Waals surface area contributed by atoms with Crippen molar-refractivity contribution < 1.29 is 9.59 Å². The first-order valence-corrected chi connectivity index (χ1v) is 14.3. The third-order valence-electron chi connectivity index (χ3n) is 5.69. The van der Waals surface area contributed by atoms with Crippen molar-refractivity contribution in [3.8, 4) is 0 Å². The van der Waals surface area contributed by atoms with E-state index in [0.29, 0.717) is 18.7 Å². The maximum absolute atomic E-state index is 11.8. The molecule has 0 unspecified atom stereocenters. The van der Waals surface area contributed by atoms with Crippen LogP contribution in [0.4, 0.5) is 0 Å². The predicted molar refractivity (Wildman–Crippen MR) is 143 cm³/mol. The van der Waals surface area contributed by atoms with Gasteiger partial charge in [0.05, 0.1) is 0 Å².